The highest BCUT2D eigenvalue weighted by atomic mass is 35.5. The molecule has 3 aromatic rings. The summed E-state index contributed by atoms with van der Waals surface area (Å²) in [5, 5.41) is 1.37. The Balaban J connectivity index is 1.61. The highest BCUT2D eigenvalue weighted by Gasteiger charge is 2.26. The maximum atomic E-state index is 14.4. The highest BCUT2D eigenvalue weighted by molar-refractivity contribution is 6.31. The molecule has 0 aliphatic carbocycles. The Morgan fingerprint density at radius 3 is 2.50 bits per heavy atom. The predicted molar refractivity (Wildman–Crippen MR) is 125 cm³/mol. The largest absolute Gasteiger partial charge is 0.449 e. The van der Waals surface area contributed by atoms with Crippen LogP contribution in [0.15, 0.2) is 42.5 Å². The number of ether oxygens (including phenoxy) is 1. The molecule has 32 heavy (non-hydrogen) atoms. The molecule has 1 amide bonds. The van der Waals surface area contributed by atoms with Gasteiger partial charge in [-0.2, -0.15) is 0 Å². The summed E-state index contributed by atoms with van der Waals surface area (Å²) in [5.74, 6) is 0.622. The molecule has 4 rings (SSSR count). The van der Waals surface area contributed by atoms with E-state index in [2.05, 4.69) is 9.88 Å². The minimum Gasteiger partial charge on any atom is -0.449 e. The van der Waals surface area contributed by atoms with Crippen molar-refractivity contribution < 1.29 is 13.9 Å². The third kappa shape index (κ3) is 4.93. The fourth-order valence-corrected chi connectivity index (χ4v) is 3.73. The van der Waals surface area contributed by atoms with E-state index in [-0.39, 0.29) is 17.3 Å². The fourth-order valence-electron chi connectivity index (χ4n) is 3.56. The van der Waals surface area contributed by atoms with Crippen LogP contribution in [-0.4, -0.2) is 53.7 Å². The van der Waals surface area contributed by atoms with Crippen molar-refractivity contribution in [2.75, 3.05) is 37.7 Å². The molecule has 0 saturated carbocycles. The highest BCUT2D eigenvalue weighted by Crippen LogP contribution is 2.31. The molecule has 0 unspecified atom stereocenters. The lowest BCUT2D eigenvalue weighted by atomic mass is 9.99. The van der Waals surface area contributed by atoms with Crippen LogP contribution in [0.5, 0.6) is 0 Å². The smallest absolute Gasteiger partial charge is 0.409 e. The number of amides is 1. The third-order valence-electron chi connectivity index (χ3n) is 5.22. The van der Waals surface area contributed by atoms with Crippen molar-refractivity contribution in [1.82, 2.24) is 14.9 Å². The molecule has 1 aliphatic heterocycles. The summed E-state index contributed by atoms with van der Waals surface area (Å²) in [7, 11) is 0. The number of hydrogen-bond acceptors (Lipinski definition) is 5. The molecule has 1 saturated heterocycles. The van der Waals surface area contributed by atoms with Crippen LogP contribution in [0, 0.1) is 11.2 Å². The minimum atomic E-state index is -0.377. The summed E-state index contributed by atoms with van der Waals surface area (Å²) < 4.78 is 19.9. The topological polar surface area (TPSA) is 58.6 Å². The fraction of sp³-hybridized carbons (Fsp3) is 0.375. The Hall–Kier alpha value is -2.93. The molecule has 0 radical (unpaired) electrons. The molecule has 2 aromatic carbocycles. The number of fused-ring (bicyclic) bond motifs is 1. The number of benzene rings is 2. The molecule has 0 N–H and O–H groups in total. The van der Waals surface area contributed by atoms with Crippen molar-refractivity contribution in [3.05, 3.63) is 53.3 Å². The molecule has 8 heteroatoms. The Morgan fingerprint density at radius 2 is 1.81 bits per heavy atom. The number of rotatable bonds is 3. The number of hydrogen-bond donors (Lipinski definition) is 0. The molecule has 168 valence electrons. The maximum absolute atomic E-state index is 14.4. The first-order chi connectivity index (χ1) is 15.2. The van der Waals surface area contributed by atoms with Gasteiger partial charge in [0.15, 0.2) is 5.82 Å². The van der Waals surface area contributed by atoms with Gasteiger partial charge in [0.2, 0.25) is 0 Å². The zero-order valence-corrected chi connectivity index (χ0v) is 19.2. The first-order valence-electron chi connectivity index (χ1n) is 10.6. The normalized spacial score (nSPS) is 14.7. The van der Waals surface area contributed by atoms with Crippen LogP contribution in [0.2, 0.25) is 5.02 Å². The van der Waals surface area contributed by atoms with Gasteiger partial charge in [-0.05, 0) is 35.7 Å². The second-order valence-corrected chi connectivity index (χ2v) is 9.54. The van der Waals surface area contributed by atoms with Crippen molar-refractivity contribution in [1.29, 1.82) is 0 Å². The monoisotopic (exact) mass is 456 g/mol. The molecular formula is C24H26ClFN4O2. The third-order valence-corrected chi connectivity index (χ3v) is 5.45. The number of carbonyl (C=O) groups is 1. The van der Waals surface area contributed by atoms with Gasteiger partial charge in [0.25, 0.3) is 0 Å². The summed E-state index contributed by atoms with van der Waals surface area (Å²) in [5.41, 5.74) is 0.944. The lowest BCUT2D eigenvalue weighted by molar-refractivity contribution is 0.0707. The van der Waals surface area contributed by atoms with Crippen molar-refractivity contribution >= 4 is 34.4 Å². The van der Waals surface area contributed by atoms with E-state index in [1.165, 1.54) is 6.07 Å². The number of anilines is 1. The van der Waals surface area contributed by atoms with E-state index in [0.29, 0.717) is 60.5 Å². The molecule has 0 atom stereocenters. The zero-order chi connectivity index (χ0) is 22.9. The van der Waals surface area contributed by atoms with Crippen LogP contribution in [0.25, 0.3) is 22.3 Å². The van der Waals surface area contributed by atoms with Crippen LogP contribution in [0.4, 0.5) is 15.0 Å². The Bertz CT molecular complexity index is 1140. The Kier molecular flexibility index (Phi) is 6.20. The van der Waals surface area contributed by atoms with Gasteiger partial charge in [0, 0.05) is 36.6 Å². The first-order valence-corrected chi connectivity index (χ1v) is 11.0. The van der Waals surface area contributed by atoms with Crippen LogP contribution in [0.3, 0.4) is 0 Å². The van der Waals surface area contributed by atoms with Gasteiger partial charge in [-0.25, -0.2) is 19.2 Å². The summed E-state index contributed by atoms with van der Waals surface area (Å²) in [6, 6.07) is 11.9. The van der Waals surface area contributed by atoms with Gasteiger partial charge in [-0.15, -0.1) is 0 Å². The van der Waals surface area contributed by atoms with Crippen LogP contribution in [-0.2, 0) is 4.74 Å². The van der Waals surface area contributed by atoms with Crippen molar-refractivity contribution in [3.8, 4) is 11.4 Å². The molecular weight excluding hydrogens is 431 g/mol. The lowest BCUT2D eigenvalue weighted by Crippen LogP contribution is -2.49. The molecule has 1 aliphatic rings. The van der Waals surface area contributed by atoms with E-state index < -0.39 is 0 Å². The van der Waals surface area contributed by atoms with E-state index in [1.807, 2.05) is 32.9 Å². The summed E-state index contributed by atoms with van der Waals surface area (Å²) in [6.07, 6.45) is -0.304. The predicted octanol–water partition coefficient (Wildman–Crippen LogP) is 5.39. The Morgan fingerprint density at radius 1 is 1.09 bits per heavy atom. The van der Waals surface area contributed by atoms with Gasteiger partial charge in [0.05, 0.1) is 17.7 Å². The van der Waals surface area contributed by atoms with Gasteiger partial charge in [-0.1, -0.05) is 44.5 Å². The molecule has 0 spiro atoms. The first kappa shape index (κ1) is 22.3. The van der Waals surface area contributed by atoms with Gasteiger partial charge in [-0.3, -0.25) is 0 Å². The SMILES string of the molecule is CC(C)(C)COC(=O)N1CCN(c2nc(-c3ccccc3F)nc3ccc(Cl)cc23)CC1. The zero-order valence-electron chi connectivity index (χ0n) is 18.4. The maximum Gasteiger partial charge on any atom is 0.409 e. The average Bonchev–Trinajstić information content (AvgIpc) is 2.77. The van der Waals surface area contributed by atoms with E-state index in [4.69, 9.17) is 21.3 Å². The summed E-state index contributed by atoms with van der Waals surface area (Å²) >= 11 is 6.24. The number of piperazine rings is 1. The second kappa shape index (κ2) is 8.90. The number of carbonyl (C=O) groups excluding carboxylic acids is 1. The van der Waals surface area contributed by atoms with E-state index in [0.717, 1.165) is 5.39 Å². The standard InChI is InChI=1S/C24H26ClFN4O2/c1-24(2,3)15-32-23(31)30-12-10-29(11-13-30)22-18-14-16(25)8-9-20(18)27-21(28-22)17-6-4-5-7-19(17)26/h4-9,14H,10-13,15H2,1-3H3. The number of nitrogens with zero attached hydrogens (tertiary/aromatic N) is 4. The average molecular weight is 457 g/mol. The van der Waals surface area contributed by atoms with Crippen molar-refractivity contribution in [2.24, 2.45) is 5.41 Å². The molecule has 1 fully saturated rings. The number of halogens is 2. The summed E-state index contributed by atoms with van der Waals surface area (Å²) in [4.78, 5) is 25.5. The van der Waals surface area contributed by atoms with Crippen molar-refractivity contribution in [2.45, 2.75) is 20.8 Å². The van der Waals surface area contributed by atoms with Gasteiger partial charge in [0.1, 0.15) is 11.6 Å². The Labute approximate surface area is 192 Å². The minimum absolute atomic E-state index is 0.0836. The molecule has 1 aromatic heterocycles. The van der Waals surface area contributed by atoms with Gasteiger partial charge >= 0.3 is 6.09 Å². The van der Waals surface area contributed by atoms with Crippen LogP contribution >= 0.6 is 11.6 Å². The molecule has 2 heterocycles. The quantitative estimate of drug-likeness (QED) is 0.528. The molecule has 6 nitrogen and oxygen atoms in total. The second-order valence-electron chi connectivity index (χ2n) is 9.10. The van der Waals surface area contributed by atoms with Crippen LogP contribution < -0.4 is 4.90 Å². The lowest BCUT2D eigenvalue weighted by Gasteiger charge is -2.35. The number of aromatic nitrogens is 2. The molecule has 0 bridgehead atoms. The van der Waals surface area contributed by atoms with E-state index >= 15 is 0 Å². The van der Waals surface area contributed by atoms with E-state index in [9.17, 15) is 9.18 Å². The van der Waals surface area contributed by atoms with Crippen molar-refractivity contribution in [3.63, 3.8) is 0 Å². The van der Waals surface area contributed by atoms with Crippen LogP contribution in [0.1, 0.15) is 20.8 Å². The van der Waals surface area contributed by atoms with E-state index in [1.54, 1.807) is 29.2 Å². The van der Waals surface area contributed by atoms with Gasteiger partial charge < -0.3 is 14.5 Å². The summed E-state index contributed by atoms with van der Waals surface area (Å²) in [6.45, 7) is 8.59.